The second-order valence-corrected chi connectivity index (χ2v) is 6.32. The summed E-state index contributed by atoms with van der Waals surface area (Å²) < 4.78 is 10.7. The molecule has 130 valence electrons. The summed E-state index contributed by atoms with van der Waals surface area (Å²) in [6.07, 6.45) is 4.59. The Balaban J connectivity index is 1.77. The molecule has 1 N–H and O–H groups in total. The van der Waals surface area contributed by atoms with Gasteiger partial charge < -0.3 is 14.6 Å². The first kappa shape index (κ1) is 15.9. The van der Waals surface area contributed by atoms with Crippen LogP contribution in [0.2, 0.25) is 0 Å². The van der Waals surface area contributed by atoms with Crippen molar-refractivity contribution in [1.29, 1.82) is 0 Å². The lowest BCUT2D eigenvalue weighted by atomic mass is 9.88. The van der Waals surface area contributed by atoms with Crippen LogP contribution in [0.1, 0.15) is 37.3 Å². The first-order valence-electron chi connectivity index (χ1n) is 8.56. The Hall–Kier alpha value is -2.60. The van der Waals surface area contributed by atoms with Gasteiger partial charge >= 0.3 is 0 Å². The summed E-state index contributed by atoms with van der Waals surface area (Å²) >= 11 is 0. The normalized spacial score (nSPS) is 20.9. The van der Waals surface area contributed by atoms with Gasteiger partial charge in [-0.25, -0.2) is 4.98 Å². The molecule has 0 bridgehead atoms. The molecule has 0 fully saturated rings. The number of fused-ring (bicyclic) bond motifs is 2. The lowest BCUT2D eigenvalue weighted by molar-refractivity contribution is -0.132. The molecule has 2 aromatic rings. The molecule has 1 aromatic heterocycles. The number of unbranched alkanes of at least 4 members (excludes halogenated alkanes) is 2. The monoisotopic (exact) mass is 340 g/mol. The highest BCUT2D eigenvalue weighted by molar-refractivity contribution is 6.08. The Morgan fingerprint density at radius 2 is 2.08 bits per heavy atom. The van der Waals surface area contributed by atoms with E-state index in [2.05, 4.69) is 11.9 Å². The van der Waals surface area contributed by atoms with Crippen LogP contribution >= 0.6 is 0 Å². The van der Waals surface area contributed by atoms with Crippen molar-refractivity contribution in [3.05, 3.63) is 47.7 Å². The summed E-state index contributed by atoms with van der Waals surface area (Å²) in [6, 6.07) is 8.59. The number of ether oxygens (including phenoxy) is 2. The summed E-state index contributed by atoms with van der Waals surface area (Å²) in [6.45, 7) is 2.80. The number of nitrogens with zero attached hydrogens (tertiary/aromatic N) is 2. The van der Waals surface area contributed by atoms with Gasteiger partial charge in [0.2, 0.25) is 6.79 Å². The SMILES string of the molecule is CCCCCN1C(=O)C(O)(c2ccc3c(c2)OCO3)c2cccnc21. The van der Waals surface area contributed by atoms with Gasteiger partial charge in [0, 0.05) is 23.9 Å². The maximum Gasteiger partial charge on any atom is 0.269 e. The van der Waals surface area contributed by atoms with E-state index in [0.717, 1.165) is 19.3 Å². The molecule has 2 aliphatic heterocycles. The van der Waals surface area contributed by atoms with E-state index in [0.29, 0.717) is 35.0 Å². The molecule has 0 spiro atoms. The van der Waals surface area contributed by atoms with Gasteiger partial charge in [-0.3, -0.25) is 9.69 Å². The lowest BCUT2D eigenvalue weighted by Crippen LogP contribution is -2.41. The highest BCUT2D eigenvalue weighted by atomic mass is 16.7. The van der Waals surface area contributed by atoms with Crippen molar-refractivity contribution in [3.8, 4) is 11.5 Å². The first-order valence-corrected chi connectivity index (χ1v) is 8.56. The van der Waals surface area contributed by atoms with Gasteiger partial charge in [-0.2, -0.15) is 0 Å². The standard InChI is InChI=1S/C19H20N2O4/c1-2-3-4-10-21-17-14(6-5-9-20-17)19(23,18(21)22)13-7-8-15-16(11-13)25-12-24-15/h5-9,11,23H,2-4,10,12H2,1H3. The molecule has 3 heterocycles. The molecule has 6 nitrogen and oxygen atoms in total. The van der Waals surface area contributed by atoms with Gasteiger partial charge in [0.25, 0.3) is 5.91 Å². The Bertz CT molecular complexity index is 823. The smallest absolute Gasteiger partial charge is 0.269 e. The highest BCUT2D eigenvalue weighted by Gasteiger charge is 2.52. The first-order chi connectivity index (χ1) is 12.2. The van der Waals surface area contributed by atoms with Crippen molar-refractivity contribution in [1.82, 2.24) is 4.98 Å². The average molecular weight is 340 g/mol. The number of aromatic nitrogens is 1. The predicted molar refractivity (Wildman–Crippen MR) is 91.7 cm³/mol. The summed E-state index contributed by atoms with van der Waals surface area (Å²) in [4.78, 5) is 19.1. The molecule has 1 unspecified atom stereocenters. The molecule has 1 amide bonds. The van der Waals surface area contributed by atoms with Crippen molar-refractivity contribution in [2.75, 3.05) is 18.2 Å². The van der Waals surface area contributed by atoms with Crippen molar-refractivity contribution < 1.29 is 19.4 Å². The van der Waals surface area contributed by atoms with Gasteiger partial charge in [0.15, 0.2) is 17.1 Å². The third-order valence-corrected chi connectivity index (χ3v) is 4.76. The van der Waals surface area contributed by atoms with E-state index in [4.69, 9.17) is 9.47 Å². The molecule has 0 saturated heterocycles. The van der Waals surface area contributed by atoms with Gasteiger partial charge in [0.1, 0.15) is 5.82 Å². The van der Waals surface area contributed by atoms with Crippen LogP contribution in [0, 0.1) is 0 Å². The van der Waals surface area contributed by atoms with Gasteiger partial charge in [0.05, 0.1) is 0 Å². The second-order valence-electron chi connectivity index (χ2n) is 6.32. The molecule has 0 saturated carbocycles. The Morgan fingerprint density at radius 3 is 2.92 bits per heavy atom. The number of rotatable bonds is 5. The zero-order valence-electron chi connectivity index (χ0n) is 14.1. The third kappa shape index (κ3) is 2.36. The van der Waals surface area contributed by atoms with Crippen molar-refractivity contribution in [2.24, 2.45) is 0 Å². The van der Waals surface area contributed by atoms with Crippen LogP contribution in [0.3, 0.4) is 0 Å². The van der Waals surface area contributed by atoms with Crippen molar-refractivity contribution in [2.45, 2.75) is 31.8 Å². The number of hydrogen-bond donors (Lipinski definition) is 1. The number of hydrogen-bond acceptors (Lipinski definition) is 5. The number of anilines is 1. The predicted octanol–water partition coefficient (Wildman–Crippen LogP) is 2.58. The molecular weight excluding hydrogens is 320 g/mol. The maximum atomic E-state index is 13.1. The van der Waals surface area contributed by atoms with E-state index < -0.39 is 5.60 Å². The van der Waals surface area contributed by atoms with E-state index in [-0.39, 0.29) is 12.7 Å². The van der Waals surface area contributed by atoms with E-state index in [1.165, 1.54) is 0 Å². The second kappa shape index (κ2) is 6.04. The van der Waals surface area contributed by atoms with Crippen LogP contribution in [-0.2, 0) is 10.4 Å². The van der Waals surface area contributed by atoms with Crippen molar-refractivity contribution >= 4 is 11.7 Å². The number of pyridine rings is 1. The summed E-state index contributed by atoms with van der Waals surface area (Å²) in [5.41, 5.74) is -0.777. The molecule has 2 aliphatic rings. The minimum atomic E-state index is -1.75. The van der Waals surface area contributed by atoms with E-state index >= 15 is 0 Å². The highest BCUT2D eigenvalue weighted by Crippen LogP contribution is 2.45. The van der Waals surface area contributed by atoms with Crippen LogP contribution in [-0.4, -0.2) is 29.3 Å². The maximum absolute atomic E-state index is 13.1. The van der Waals surface area contributed by atoms with Gasteiger partial charge in [-0.15, -0.1) is 0 Å². The molecule has 6 heteroatoms. The van der Waals surface area contributed by atoms with Crippen LogP contribution in [0.25, 0.3) is 0 Å². The molecule has 0 radical (unpaired) electrons. The largest absolute Gasteiger partial charge is 0.454 e. The molecule has 25 heavy (non-hydrogen) atoms. The molecule has 4 rings (SSSR count). The number of benzene rings is 1. The fourth-order valence-corrected chi connectivity index (χ4v) is 3.43. The zero-order valence-corrected chi connectivity index (χ0v) is 14.1. The van der Waals surface area contributed by atoms with Gasteiger partial charge in [-0.1, -0.05) is 25.8 Å². The zero-order chi connectivity index (χ0) is 17.4. The van der Waals surface area contributed by atoms with Crippen molar-refractivity contribution in [3.63, 3.8) is 0 Å². The van der Waals surface area contributed by atoms with Crippen LogP contribution < -0.4 is 14.4 Å². The average Bonchev–Trinajstić information content (AvgIpc) is 3.19. The summed E-state index contributed by atoms with van der Waals surface area (Å²) in [7, 11) is 0. The van der Waals surface area contributed by atoms with Crippen LogP contribution in [0.5, 0.6) is 11.5 Å². The minimum absolute atomic E-state index is 0.145. The number of carbonyl (C=O) groups is 1. The Labute approximate surface area is 146 Å². The summed E-state index contributed by atoms with van der Waals surface area (Å²) in [5.74, 6) is 1.32. The Kier molecular flexibility index (Phi) is 3.84. The van der Waals surface area contributed by atoms with Crippen LogP contribution in [0.4, 0.5) is 5.82 Å². The minimum Gasteiger partial charge on any atom is -0.454 e. The molecule has 1 aromatic carbocycles. The molecule has 0 aliphatic carbocycles. The Morgan fingerprint density at radius 1 is 1.24 bits per heavy atom. The topological polar surface area (TPSA) is 71.9 Å². The van der Waals surface area contributed by atoms with E-state index in [1.54, 1.807) is 41.4 Å². The summed E-state index contributed by atoms with van der Waals surface area (Å²) in [5, 5.41) is 11.4. The third-order valence-electron chi connectivity index (χ3n) is 4.76. The number of aliphatic hydroxyl groups is 1. The number of carbonyl (C=O) groups excluding carboxylic acids is 1. The molecular formula is C19H20N2O4. The molecule has 1 atom stereocenters. The van der Waals surface area contributed by atoms with E-state index in [1.807, 2.05) is 0 Å². The fraction of sp³-hybridized carbons (Fsp3) is 0.368. The van der Waals surface area contributed by atoms with Crippen LogP contribution in [0.15, 0.2) is 36.5 Å². The number of amides is 1. The quantitative estimate of drug-likeness (QED) is 0.847. The van der Waals surface area contributed by atoms with Gasteiger partial charge in [-0.05, 0) is 30.7 Å². The fourth-order valence-electron chi connectivity index (χ4n) is 3.43. The lowest BCUT2D eigenvalue weighted by Gasteiger charge is -2.23. The van der Waals surface area contributed by atoms with E-state index in [9.17, 15) is 9.90 Å².